The fourth-order valence-electron chi connectivity index (χ4n) is 1.24. The molecular weight excluding hydrogens is 228 g/mol. The lowest BCUT2D eigenvalue weighted by Gasteiger charge is -2.36. The van der Waals surface area contributed by atoms with Crippen LogP contribution in [0.5, 0.6) is 0 Å². The van der Waals surface area contributed by atoms with Crippen molar-refractivity contribution in [3.05, 3.63) is 11.6 Å². The summed E-state index contributed by atoms with van der Waals surface area (Å²) in [4.78, 5) is 0. The normalized spacial score (nSPS) is 16.1. The average molecular weight is 258 g/mol. The van der Waals surface area contributed by atoms with E-state index in [4.69, 9.17) is 4.43 Å². The molecule has 0 aromatic carbocycles. The molecule has 1 unspecified atom stereocenters. The van der Waals surface area contributed by atoms with E-state index in [0.717, 1.165) is 25.0 Å². The Bertz CT molecular complexity index is 251. The molecule has 0 aliphatic rings. The van der Waals surface area contributed by atoms with Gasteiger partial charge in [0.15, 0.2) is 8.32 Å². The smallest absolute Gasteiger partial charge is 0.191 e. The van der Waals surface area contributed by atoms with Gasteiger partial charge in [0.25, 0.3) is 0 Å². The van der Waals surface area contributed by atoms with Crippen molar-refractivity contribution in [3.8, 4) is 0 Å². The third kappa shape index (κ3) is 5.84. The summed E-state index contributed by atoms with van der Waals surface area (Å²) in [5, 5.41) is 10.1. The third-order valence-corrected chi connectivity index (χ3v) is 8.41. The van der Waals surface area contributed by atoms with Crippen molar-refractivity contribution in [2.75, 3.05) is 6.61 Å². The number of aliphatic hydroxyl groups excluding tert-OH is 1. The highest BCUT2D eigenvalue weighted by Crippen LogP contribution is 2.36. The summed E-state index contributed by atoms with van der Waals surface area (Å²) in [6.45, 7) is 16.0. The molecule has 2 nitrogen and oxygen atoms in total. The number of hydrogen-bond donors (Lipinski definition) is 1. The quantitative estimate of drug-likeness (QED) is 0.441. The van der Waals surface area contributed by atoms with Gasteiger partial charge >= 0.3 is 0 Å². The molecule has 1 atom stereocenters. The minimum atomic E-state index is -1.61. The first-order chi connectivity index (χ1) is 7.62. The lowest BCUT2D eigenvalue weighted by molar-refractivity contribution is 0.181. The minimum absolute atomic E-state index is 0.269. The Morgan fingerprint density at radius 2 is 1.88 bits per heavy atom. The number of allylic oxidation sites excluding steroid dienone is 1. The van der Waals surface area contributed by atoms with Crippen LogP contribution < -0.4 is 0 Å². The van der Waals surface area contributed by atoms with E-state index in [1.165, 1.54) is 0 Å². The number of rotatable bonds is 6. The Morgan fingerprint density at radius 1 is 1.35 bits per heavy atom. The van der Waals surface area contributed by atoms with E-state index in [-0.39, 0.29) is 11.1 Å². The summed E-state index contributed by atoms with van der Waals surface area (Å²) in [5.41, 5.74) is 1.05. The molecule has 17 heavy (non-hydrogen) atoms. The maximum Gasteiger partial charge on any atom is 0.191 e. The fraction of sp³-hybridized carbons (Fsp3) is 0.857. The molecule has 0 spiro atoms. The topological polar surface area (TPSA) is 29.5 Å². The molecule has 0 heterocycles. The van der Waals surface area contributed by atoms with E-state index in [2.05, 4.69) is 33.9 Å². The van der Waals surface area contributed by atoms with Gasteiger partial charge in [-0.25, -0.2) is 0 Å². The van der Waals surface area contributed by atoms with Crippen LogP contribution in [0, 0.1) is 0 Å². The summed E-state index contributed by atoms with van der Waals surface area (Å²) in [6, 6.07) is 0. The van der Waals surface area contributed by atoms with Crippen LogP contribution in [0.25, 0.3) is 0 Å². The molecule has 0 aliphatic carbocycles. The summed E-state index contributed by atoms with van der Waals surface area (Å²) in [5.74, 6) is 0. The van der Waals surface area contributed by atoms with Gasteiger partial charge < -0.3 is 9.53 Å². The van der Waals surface area contributed by atoms with Crippen LogP contribution in [0.3, 0.4) is 0 Å². The maximum atomic E-state index is 9.79. The zero-order valence-electron chi connectivity index (χ0n) is 12.6. The van der Waals surface area contributed by atoms with Crippen LogP contribution in [0.4, 0.5) is 0 Å². The predicted octanol–water partition coefficient (Wildman–Crippen LogP) is 4.12. The zero-order chi connectivity index (χ0) is 13.7. The summed E-state index contributed by atoms with van der Waals surface area (Å²) >= 11 is 0. The van der Waals surface area contributed by atoms with E-state index in [1.54, 1.807) is 0 Å². The molecule has 3 heteroatoms. The van der Waals surface area contributed by atoms with Gasteiger partial charge in [0.05, 0.1) is 6.10 Å². The molecule has 102 valence electrons. The van der Waals surface area contributed by atoms with E-state index < -0.39 is 8.32 Å². The molecule has 0 amide bonds. The second-order valence-corrected chi connectivity index (χ2v) is 11.1. The van der Waals surface area contributed by atoms with Crippen molar-refractivity contribution in [3.63, 3.8) is 0 Å². The van der Waals surface area contributed by atoms with Crippen molar-refractivity contribution in [1.29, 1.82) is 0 Å². The summed E-state index contributed by atoms with van der Waals surface area (Å²) < 4.78 is 6.07. The predicted molar refractivity (Wildman–Crippen MR) is 77.8 cm³/mol. The van der Waals surface area contributed by atoms with Crippen molar-refractivity contribution >= 4 is 8.32 Å². The molecule has 0 saturated heterocycles. The molecule has 0 saturated carbocycles. The van der Waals surface area contributed by atoms with Gasteiger partial charge in [-0.1, -0.05) is 26.8 Å². The average Bonchev–Trinajstić information content (AvgIpc) is 2.21. The van der Waals surface area contributed by atoms with Crippen molar-refractivity contribution < 1.29 is 9.53 Å². The van der Waals surface area contributed by atoms with Gasteiger partial charge in [-0.15, -0.1) is 0 Å². The van der Waals surface area contributed by atoms with E-state index >= 15 is 0 Å². The molecule has 0 aromatic rings. The van der Waals surface area contributed by atoms with Crippen LogP contribution in [0.15, 0.2) is 11.6 Å². The first-order valence-electron chi connectivity index (χ1n) is 6.56. The van der Waals surface area contributed by atoms with Crippen LogP contribution in [-0.4, -0.2) is 26.1 Å². The second-order valence-electron chi connectivity index (χ2n) is 6.30. The van der Waals surface area contributed by atoms with Gasteiger partial charge in [0, 0.05) is 6.61 Å². The van der Waals surface area contributed by atoms with Crippen molar-refractivity contribution in [2.24, 2.45) is 0 Å². The second kappa shape index (κ2) is 6.71. The summed E-state index contributed by atoms with van der Waals surface area (Å²) in [6.07, 6.45) is 3.39. The van der Waals surface area contributed by atoms with Crippen molar-refractivity contribution in [1.82, 2.24) is 0 Å². The highest BCUT2D eigenvalue weighted by Gasteiger charge is 2.36. The van der Waals surface area contributed by atoms with Gasteiger partial charge in [-0.05, 0) is 50.4 Å². The van der Waals surface area contributed by atoms with Crippen LogP contribution in [0.2, 0.25) is 18.1 Å². The zero-order valence-corrected chi connectivity index (χ0v) is 13.6. The van der Waals surface area contributed by atoms with Gasteiger partial charge in [0.1, 0.15) is 0 Å². The molecule has 0 rings (SSSR count). The molecule has 0 aromatic heterocycles. The minimum Gasteiger partial charge on any atom is -0.417 e. The van der Waals surface area contributed by atoms with E-state index in [0.29, 0.717) is 0 Å². The molecule has 0 bridgehead atoms. The van der Waals surface area contributed by atoms with Crippen LogP contribution in [0.1, 0.15) is 47.5 Å². The Hall–Kier alpha value is -0.123. The Labute approximate surface area is 108 Å². The van der Waals surface area contributed by atoms with E-state index in [9.17, 15) is 5.11 Å². The van der Waals surface area contributed by atoms with Crippen molar-refractivity contribution in [2.45, 2.75) is 71.7 Å². The first kappa shape index (κ1) is 16.9. The molecule has 1 N–H and O–H groups in total. The molecule has 0 fully saturated rings. The lowest BCUT2D eigenvalue weighted by atomic mass is 10.1. The molecule has 0 radical (unpaired) electrons. The summed E-state index contributed by atoms with van der Waals surface area (Å²) in [7, 11) is -1.61. The highest BCUT2D eigenvalue weighted by atomic mass is 28.4. The molecule has 0 aliphatic heterocycles. The molecular formula is C14H30O2Si. The first-order valence-corrected chi connectivity index (χ1v) is 9.47. The third-order valence-electron chi connectivity index (χ3n) is 3.87. The van der Waals surface area contributed by atoms with Gasteiger partial charge in [0.2, 0.25) is 0 Å². The Balaban J connectivity index is 3.94. The largest absolute Gasteiger partial charge is 0.417 e. The number of aliphatic hydroxyl groups is 1. The standard InChI is InChI=1S/C14H30O2Si/c1-8-12(2)13(15)10-9-11-16-17(6,7)14(3,4)5/h8,13,15H,9-11H2,1-7H3/b12-8+. The monoisotopic (exact) mass is 258 g/mol. The Kier molecular flexibility index (Phi) is 6.67. The van der Waals surface area contributed by atoms with Crippen LogP contribution >= 0.6 is 0 Å². The van der Waals surface area contributed by atoms with Gasteiger partial charge in [-0.3, -0.25) is 0 Å². The van der Waals surface area contributed by atoms with Crippen LogP contribution in [-0.2, 0) is 4.43 Å². The van der Waals surface area contributed by atoms with E-state index in [1.807, 2.05) is 19.9 Å². The SMILES string of the molecule is C/C=C(\C)C(O)CCCO[Si](C)(C)C(C)(C)C. The van der Waals surface area contributed by atoms with Gasteiger partial charge in [-0.2, -0.15) is 0 Å². The maximum absolute atomic E-state index is 9.79. The fourth-order valence-corrected chi connectivity index (χ4v) is 2.33. The lowest BCUT2D eigenvalue weighted by Crippen LogP contribution is -2.41. The number of hydrogen-bond acceptors (Lipinski definition) is 2. The highest BCUT2D eigenvalue weighted by molar-refractivity contribution is 6.74. The Morgan fingerprint density at radius 3 is 2.29 bits per heavy atom.